The second-order valence-corrected chi connectivity index (χ2v) is 4.79. The number of para-hydroxylation sites is 2. The van der Waals surface area contributed by atoms with E-state index in [0.717, 1.165) is 28.0 Å². The second kappa shape index (κ2) is 6.33. The maximum Gasteiger partial charge on any atom is 0.138 e. The maximum atomic E-state index is 8.84. The smallest absolute Gasteiger partial charge is 0.138 e. The highest BCUT2D eigenvalue weighted by atomic mass is 16.5. The molecule has 22 heavy (non-hydrogen) atoms. The summed E-state index contributed by atoms with van der Waals surface area (Å²) in [5.41, 5.74) is 3.67. The van der Waals surface area contributed by atoms with Crippen molar-refractivity contribution in [2.24, 2.45) is 0 Å². The third-order valence-corrected chi connectivity index (χ3v) is 3.32. The molecule has 0 fully saturated rings. The van der Waals surface area contributed by atoms with Crippen LogP contribution in [0.15, 0.2) is 42.5 Å². The van der Waals surface area contributed by atoms with Gasteiger partial charge in [0.25, 0.3) is 0 Å². The van der Waals surface area contributed by atoms with Crippen molar-refractivity contribution in [2.45, 2.75) is 6.42 Å². The number of nitrogens with one attached hydrogen (secondary N) is 1. The highest BCUT2D eigenvalue weighted by molar-refractivity contribution is 5.79. The van der Waals surface area contributed by atoms with Gasteiger partial charge in [-0.1, -0.05) is 24.0 Å². The minimum atomic E-state index is 0.0541. The minimum Gasteiger partial charge on any atom is -0.495 e. The molecule has 0 atom stereocenters. The Bertz CT molecular complexity index is 823. The number of imidazole rings is 1. The van der Waals surface area contributed by atoms with E-state index in [4.69, 9.17) is 9.84 Å². The zero-order chi connectivity index (χ0) is 15.4. The summed E-state index contributed by atoms with van der Waals surface area (Å²) in [5.74, 6) is 7.47. The number of nitrogens with zero attached hydrogens (tertiary/aromatic N) is 1. The van der Waals surface area contributed by atoms with Gasteiger partial charge >= 0.3 is 0 Å². The molecule has 0 aliphatic heterocycles. The van der Waals surface area contributed by atoms with Gasteiger partial charge in [-0.3, -0.25) is 0 Å². The van der Waals surface area contributed by atoms with Crippen LogP contribution in [0.2, 0.25) is 0 Å². The molecule has 0 radical (unpaired) electrons. The predicted molar refractivity (Wildman–Crippen MR) is 86.7 cm³/mol. The maximum absolute atomic E-state index is 8.84. The van der Waals surface area contributed by atoms with E-state index in [1.54, 1.807) is 7.11 Å². The van der Waals surface area contributed by atoms with Crippen LogP contribution in [0.5, 0.6) is 5.75 Å². The molecule has 1 heterocycles. The van der Waals surface area contributed by atoms with Crippen molar-refractivity contribution in [3.63, 3.8) is 0 Å². The van der Waals surface area contributed by atoms with E-state index in [-0.39, 0.29) is 6.61 Å². The van der Waals surface area contributed by atoms with Gasteiger partial charge in [-0.05, 0) is 30.3 Å². The molecule has 0 aliphatic rings. The molecule has 0 amide bonds. The first-order valence-electron chi connectivity index (χ1n) is 7.04. The lowest BCUT2D eigenvalue weighted by atomic mass is 10.1. The zero-order valence-electron chi connectivity index (χ0n) is 12.3. The molecule has 2 N–H and O–H groups in total. The Morgan fingerprint density at radius 1 is 1.23 bits per heavy atom. The Hall–Kier alpha value is -2.77. The van der Waals surface area contributed by atoms with Crippen molar-refractivity contribution < 1.29 is 9.84 Å². The molecule has 0 spiro atoms. The van der Waals surface area contributed by atoms with Gasteiger partial charge in [0, 0.05) is 12.0 Å². The number of aromatic nitrogens is 2. The summed E-state index contributed by atoms with van der Waals surface area (Å²) >= 11 is 0. The van der Waals surface area contributed by atoms with E-state index >= 15 is 0 Å². The Labute approximate surface area is 128 Å². The van der Waals surface area contributed by atoms with Crippen molar-refractivity contribution in [2.75, 3.05) is 13.7 Å². The Balaban J connectivity index is 2.04. The molecule has 1 aromatic heterocycles. The summed E-state index contributed by atoms with van der Waals surface area (Å²) in [5, 5.41) is 8.84. The average Bonchev–Trinajstić information content (AvgIpc) is 2.99. The number of hydrogen-bond donors (Lipinski definition) is 2. The Morgan fingerprint density at radius 3 is 2.86 bits per heavy atom. The molecule has 0 bridgehead atoms. The summed E-state index contributed by atoms with van der Waals surface area (Å²) in [7, 11) is 1.62. The standard InChI is InChI=1S/C18H16N2O2/c1-22-17-10-9-14(12-13(17)6-4-5-11-21)18-19-15-7-2-3-8-16(15)20-18/h2-3,7-10,12,21H,5,11H2,1H3,(H,19,20). The molecular weight excluding hydrogens is 276 g/mol. The number of aliphatic hydroxyl groups is 1. The first-order chi connectivity index (χ1) is 10.8. The van der Waals surface area contributed by atoms with Crippen LogP contribution >= 0.6 is 0 Å². The average molecular weight is 292 g/mol. The second-order valence-electron chi connectivity index (χ2n) is 4.79. The van der Waals surface area contributed by atoms with E-state index in [1.165, 1.54) is 0 Å². The van der Waals surface area contributed by atoms with Gasteiger partial charge in [0.1, 0.15) is 11.6 Å². The van der Waals surface area contributed by atoms with Crippen LogP contribution in [0.4, 0.5) is 0 Å². The molecule has 0 unspecified atom stereocenters. The van der Waals surface area contributed by atoms with E-state index < -0.39 is 0 Å². The van der Waals surface area contributed by atoms with E-state index in [9.17, 15) is 0 Å². The SMILES string of the molecule is COc1ccc(-c2nc3ccccc3[nH]2)cc1C#CCCO. The lowest BCUT2D eigenvalue weighted by Crippen LogP contribution is -1.90. The molecule has 4 heteroatoms. The molecule has 4 nitrogen and oxygen atoms in total. The third kappa shape index (κ3) is 2.80. The molecule has 3 aromatic rings. The number of methoxy groups -OCH3 is 1. The van der Waals surface area contributed by atoms with Crippen LogP contribution in [0.25, 0.3) is 22.4 Å². The van der Waals surface area contributed by atoms with Crippen LogP contribution in [-0.4, -0.2) is 28.8 Å². The van der Waals surface area contributed by atoms with Gasteiger partial charge in [0.05, 0.1) is 30.3 Å². The Kier molecular flexibility index (Phi) is 4.08. The molecule has 2 aromatic carbocycles. The van der Waals surface area contributed by atoms with Gasteiger partial charge in [-0.2, -0.15) is 0 Å². The molecule has 0 saturated heterocycles. The summed E-state index contributed by atoms with van der Waals surface area (Å²) in [4.78, 5) is 7.90. The predicted octanol–water partition coefficient (Wildman–Crippen LogP) is 2.97. The number of H-pyrrole nitrogens is 1. The van der Waals surface area contributed by atoms with Crippen LogP contribution in [0.3, 0.4) is 0 Å². The van der Waals surface area contributed by atoms with Crippen molar-refractivity contribution in [3.05, 3.63) is 48.0 Å². The zero-order valence-corrected chi connectivity index (χ0v) is 12.3. The van der Waals surface area contributed by atoms with E-state index in [2.05, 4.69) is 21.8 Å². The normalized spacial score (nSPS) is 10.3. The largest absolute Gasteiger partial charge is 0.495 e. The monoisotopic (exact) mass is 292 g/mol. The van der Waals surface area contributed by atoms with Crippen LogP contribution < -0.4 is 4.74 Å². The molecule has 3 rings (SSSR count). The number of benzene rings is 2. The van der Waals surface area contributed by atoms with Crippen molar-refractivity contribution in [3.8, 4) is 29.0 Å². The summed E-state index contributed by atoms with van der Waals surface area (Å²) in [6.07, 6.45) is 0.442. The van der Waals surface area contributed by atoms with E-state index in [1.807, 2.05) is 42.5 Å². The number of fused-ring (bicyclic) bond motifs is 1. The lowest BCUT2D eigenvalue weighted by molar-refractivity contribution is 0.305. The molecular formula is C18H16N2O2. The quantitative estimate of drug-likeness (QED) is 0.730. The number of aliphatic hydroxyl groups excluding tert-OH is 1. The first-order valence-corrected chi connectivity index (χ1v) is 7.04. The fraction of sp³-hybridized carbons (Fsp3) is 0.167. The number of rotatable bonds is 3. The fourth-order valence-electron chi connectivity index (χ4n) is 2.26. The van der Waals surface area contributed by atoms with Crippen molar-refractivity contribution >= 4 is 11.0 Å². The summed E-state index contributed by atoms with van der Waals surface area (Å²) in [6.45, 7) is 0.0541. The van der Waals surface area contributed by atoms with Crippen LogP contribution in [0.1, 0.15) is 12.0 Å². The number of hydrogen-bond acceptors (Lipinski definition) is 3. The summed E-state index contributed by atoms with van der Waals surface area (Å²) in [6, 6.07) is 13.7. The molecule has 0 saturated carbocycles. The van der Waals surface area contributed by atoms with Crippen LogP contribution in [0, 0.1) is 11.8 Å². The summed E-state index contributed by atoms with van der Waals surface area (Å²) < 4.78 is 5.33. The number of ether oxygens (including phenoxy) is 1. The first kappa shape index (κ1) is 14.2. The highest BCUT2D eigenvalue weighted by Crippen LogP contribution is 2.26. The fourth-order valence-corrected chi connectivity index (χ4v) is 2.26. The highest BCUT2D eigenvalue weighted by Gasteiger charge is 2.08. The molecule has 110 valence electrons. The molecule has 0 aliphatic carbocycles. The van der Waals surface area contributed by atoms with Crippen LogP contribution in [-0.2, 0) is 0 Å². The number of aromatic amines is 1. The van der Waals surface area contributed by atoms with Gasteiger partial charge in [-0.15, -0.1) is 0 Å². The third-order valence-electron chi connectivity index (χ3n) is 3.32. The minimum absolute atomic E-state index is 0.0541. The van der Waals surface area contributed by atoms with Gasteiger partial charge in [0.15, 0.2) is 0 Å². The Morgan fingerprint density at radius 2 is 2.09 bits per heavy atom. The van der Waals surface area contributed by atoms with E-state index in [0.29, 0.717) is 12.2 Å². The topological polar surface area (TPSA) is 58.1 Å². The lowest BCUT2D eigenvalue weighted by Gasteiger charge is -2.05. The van der Waals surface area contributed by atoms with Gasteiger partial charge in [-0.25, -0.2) is 4.98 Å². The van der Waals surface area contributed by atoms with Crippen molar-refractivity contribution in [1.29, 1.82) is 0 Å². The van der Waals surface area contributed by atoms with Crippen molar-refractivity contribution in [1.82, 2.24) is 9.97 Å². The van der Waals surface area contributed by atoms with Gasteiger partial charge < -0.3 is 14.8 Å². The van der Waals surface area contributed by atoms with Gasteiger partial charge in [0.2, 0.25) is 0 Å².